The Labute approximate surface area is 222 Å². The molecule has 0 saturated carbocycles. The standard InChI is InChI=1S/C8H6O4.C6H10O4.C5H12O4.C4H6O4/c9-7(10)5-1-2-6(4-3-5)8(11)12;7-5(8)3-1-2-4-6(9)10;6-2-4(8)1-5(9)3-7;5-3(6)1-2-4(7)8/h1-4H,(H,9,10)(H,11,12);1-4H2,(H,7,8)(H,9,10);4-9H,1-3H2;1-2H2,(H,5,6)(H,7,8). The van der Waals surface area contributed by atoms with Gasteiger partial charge in [-0.25, -0.2) is 9.59 Å². The zero-order chi connectivity index (χ0) is 31.0. The van der Waals surface area contributed by atoms with Crippen LogP contribution >= 0.6 is 0 Å². The molecular weight excluding hydrogens is 532 g/mol. The molecule has 10 N–H and O–H groups in total. The van der Waals surface area contributed by atoms with Gasteiger partial charge in [0, 0.05) is 19.3 Å². The number of carboxylic acid groups (broad SMARTS) is 6. The second-order valence-electron chi connectivity index (χ2n) is 7.38. The Balaban J connectivity index is -0.000000449. The lowest BCUT2D eigenvalue weighted by molar-refractivity contribution is -0.143. The van der Waals surface area contributed by atoms with Crippen LogP contribution in [0.4, 0.5) is 0 Å². The normalized spacial score (nSPS) is 11.0. The van der Waals surface area contributed by atoms with E-state index in [1.165, 1.54) is 24.3 Å². The number of unbranched alkanes of at least 4 members (excludes halogenated alkanes) is 1. The molecule has 39 heavy (non-hydrogen) atoms. The Kier molecular flexibility index (Phi) is 24.5. The average molecular weight is 567 g/mol. The van der Waals surface area contributed by atoms with E-state index in [1.807, 2.05) is 0 Å². The first kappa shape index (κ1) is 39.4. The molecule has 0 amide bonds. The van der Waals surface area contributed by atoms with Crippen molar-refractivity contribution in [2.24, 2.45) is 0 Å². The molecule has 2 atom stereocenters. The van der Waals surface area contributed by atoms with Gasteiger partial charge >= 0.3 is 35.8 Å². The van der Waals surface area contributed by atoms with E-state index in [0.717, 1.165) is 0 Å². The van der Waals surface area contributed by atoms with E-state index in [4.69, 9.17) is 51.1 Å². The van der Waals surface area contributed by atoms with Crippen LogP contribution in [0, 0.1) is 0 Å². The fourth-order valence-electron chi connectivity index (χ4n) is 1.98. The summed E-state index contributed by atoms with van der Waals surface area (Å²) in [5.41, 5.74) is 0.167. The average Bonchev–Trinajstić information content (AvgIpc) is 2.86. The van der Waals surface area contributed by atoms with Crippen molar-refractivity contribution in [1.82, 2.24) is 0 Å². The Morgan fingerprint density at radius 2 is 0.769 bits per heavy atom. The first-order chi connectivity index (χ1) is 18.1. The van der Waals surface area contributed by atoms with E-state index in [1.54, 1.807) is 0 Å². The van der Waals surface area contributed by atoms with Crippen molar-refractivity contribution < 1.29 is 79.8 Å². The largest absolute Gasteiger partial charge is 0.481 e. The van der Waals surface area contributed by atoms with Gasteiger partial charge < -0.3 is 51.1 Å². The molecule has 0 aliphatic carbocycles. The molecular formula is C23H34O16. The monoisotopic (exact) mass is 566 g/mol. The third-order valence-electron chi connectivity index (χ3n) is 3.93. The summed E-state index contributed by atoms with van der Waals surface area (Å²) in [7, 11) is 0. The van der Waals surface area contributed by atoms with Gasteiger partial charge in [-0.05, 0) is 37.1 Å². The minimum atomic E-state index is -1.08. The van der Waals surface area contributed by atoms with Gasteiger partial charge in [0.05, 0.1) is 49.4 Å². The second-order valence-corrected chi connectivity index (χ2v) is 7.38. The molecule has 0 aliphatic heterocycles. The SMILES string of the molecule is O=C(O)CCC(=O)O.O=C(O)CCCCC(=O)O.O=C(O)c1ccc(C(=O)O)cc1.OCC(O)CC(O)CO. The van der Waals surface area contributed by atoms with E-state index in [9.17, 15) is 28.8 Å². The zero-order valence-corrected chi connectivity index (χ0v) is 20.7. The van der Waals surface area contributed by atoms with Crippen molar-refractivity contribution in [3.05, 3.63) is 35.4 Å². The van der Waals surface area contributed by atoms with Gasteiger partial charge in [0.25, 0.3) is 0 Å². The minimum absolute atomic E-state index is 0.0208. The summed E-state index contributed by atoms with van der Waals surface area (Å²) in [4.78, 5) is 59.7. The van der Waals surface area contributed by atoms with Gasteiger partial charge in [0.15, 0.2) is 0 Å². The minimum Gasteiger partial charge on any atom is -0.481 e. The number of carbonyl (C=O) groups is 6. The van der Waals surface area contributed by atoms with Gasteiger partial charge in [-0.3, -0.25) is 19.2 Å². The van der Waals surface area contributed by atoms with Crippen LogP contribution in [-0.2, 0) is 19.2 Å². The molecule has 0 fully saturated rings. The summed E-state index contributed by atoms with van der Waals surface area (Å²) in [6.45, 7) is -0.756. The number of hydrogen-bond acceptors (Lipinski definition) is 10. The van der Waals surface area contributed by atoms with Crippen molar-refractivity contribution in [3.8, 4) is 0 Å². The highest BCUT2D eigenvalue weighted by Crippen LogP contribution is 2.04. The molecule has 222 valence electrons. The van der Waals surface area contributed by atoms with Gasteiger partial charge in [-0.2, -0.15) is 0 Å². The summed E-state index contributed by atoms with van der Waals surface area (Å²) in [5.74, 6) is -6.02. The summed E-state index contributed by atoms with van der Waals surface area (Å²) in [6.07, 6.45) is -1.40. The number of benzene rings is 1. The number of aliphatic carboxylic acids is 4. The molecule has 0 bridgehead atoms. The van der Waals surface area contributed by atoms with Gasteiger partial charge in [0.1, 0.15) is 0 Å². The molecule has 16 heteroatoms. The Morgan fingerprint density at radius 1 is 0.513 bits per heavy atom. The second kappa shape index (κ2) is 24.2. The summed E-state index contributed by atoms with van der Waals surface area (Å²) < 4.78 is 0. The Morgan fingerprint density at radius 3 is 0.949 bits per heavy atom. The van der Waals surface area contributed by atoms with E-state index in [0.29, 0.717) is 12.8 Å². The quantitative estimate of drug-likeness (QED) is 0.130. The first-order valence-corrected chi connectivity index (χ1v) is 11.1. The van der Waals surface area contributed by atoms with Gasteiger partial charge in [-0.15, -0.1) is 0 Å². The Bertz CT molecular complexity index is 810. The maximum atomic E-state index is 10.3. The lowest BCUT2D eigenvalue weighted by Gasteiger charge is -2.09. The molecule has 0 radical (unpaired) electrons. The molecule has 0 aliphatic rings. The zero-order valence-electron chi connectivity index (χ0n) is 20.7. The predicted molar refractivity (Wildman–Crippen MR) is 129 cm³/mol. The molecule has 2 unspecified atom stereocenters. The van der Waals surface area contributed by atoms with Crippen LogP contribution in [0.3, 0.4) is 0 Å². The summed E-state index contributed by atoms with van der Waals surface area (Å²) >= 11 is 0. The maximum Gasteiger partial charge on any atom is 0.335 e. The van der Waals surface area contributed by atoms with Crippen LogP contribution < -0.4 is 0 Å². The van der Waals surface area contributed by atoms with E-state index in [2.05, 4.69) is 0 Å². The predicted octanol–water partition coefficient (Wildman–Crippen LogP) is -0.182. The highest BCUT2D eigenvalue weighted by Gasteiger charge is 2.08. The number of aromatic carboxylic acids is 2. The lowest BCUT2D eigenvalue weighted by Crippen LogP contribution is -2.23. The molecule has 1 rings (SSSR count). The van der Waals surface area contributed by atoms with Crippen molar-refractivity contribution in [3.63, 3.8) is 0 Å². The molecule has 0 saturated heterocycles. The third kappa shape index (κ3) is 30.0. The molecule has 16 nitrogen and oxygen atoms in total. The fourth-order valence-corrected chi connectivity index (χ4v) is 1.98. The summed E-state index contributed by atoms with van der Waals surface area (Å²) in [6, 6.07) is 5.02. The Hall–Kier alpha value is -4.12. The number of rotatable bonds is 14. The van der Waals surface area contributed by atoms with Gasteiger partial charge in [0.2, 0.25) is 0 Å². The van der Waals surface area contributed by atoms with Crippen LogP contribution in [0.2, 0.25) is 0 Å². The fraction of sp³-hybridized carbons (Fsp3) is 0.478. The molecule has 1 aromatic carbocycles. The van der Waals surface area contributed by atoms with Crippen LogP contribution in [0.1, 0.15) is 65.7 Å². The molecule has 0 heterocycles. The topological polar surface area (TPSA) is 305 Å². The van der Waals surface area contributed by atoms with Crippen molar-refractivity contribution in [1.29, 1.82) is 0 Å². The number of hydrogen-bond donors (Lipinski definition) is 10. The number of carboxylic acids is 6. The first-order valence-electron chi connectivity index (χ1n) is 11.1. The van der Waals surface area contributed by atoms with E-state index >= 15 is 0 Å². The molecule has 0 spiro atoms. The number of aliphatic hydroxyl groups excluding tert-OH is 4. The van der Waals surface area contributed by atoms with Crippen molar-refractivity contribution in [2.75, 3.05) is 13.2 Å². The van der Waals surface area contributed by atoms with Crippen molar-refractivity contribution in [2.45, 2.75) is 57.2 Å². The highest BCUT2D eigenvalue weighted by molar-refractivity contribution is 5.91. The smallest absolute Gasteiger partial charge is 0.335 e. The van der Waals surface area contributed by atoms with Gasteiger partial charge in [-0.1, -0.05) is 0 Å². The van der Waals surface area contributed by atoms with E-state index < -0.39 is 48.0 Å². The van der Waals surface area contributed by atoms with E-state index in [-0.39, 0.29) is 56.4 Å². The maximum absolute atomic E-state index is 10.3. The molecule has 1 aromatic rings. The van der Waals surface area contributed by atoms with Crippen LogP contribution in [0.25, 0.3) is 0 Å². The molecule has 0 aromatic heterocycles. The van der Waals surface area contributed by atoms with Crippen LogP contribution in [-0.4, -0.2) is 112 Å². The third-order valence-corrected chi connectivity index (χ3v) is 3.93. The van der Waals surface area contributed by atoms with Crippen LogP contribution in [0.15, 0.2) is 24.3 Å². The number of aliphatic hydroxyl groups is 4. The highest BCUT2D eigenvalue weighted by atomic mass is 16.4. The van der Waals surface area contributed by atoms with Crippen molar-refractivity contribution >= 4 is 35.8 Å². The lowest BCUT2D eigenvalue weighted by atomic mass is 10.1. The van der Waals surface area contributed by atoms with Crippen LogP contribution in [0.5, 0.6) is 0 Å². The summed E-state index contributed by atoms with van der Waals surface area (Å²) in [5, 5.41) is 82.7.